The molecule has 1 N–H and O–H groups in total. The number of ether oxygens (including phenoxy) is 2. The van der Waals surface area contributed by atoms with Crippen LogP contribution in [0.1, 0.15) is 44.6 Å². The van der Waals surface area contributed by atoms with E-state index in [1.54, 1.807) is 24.3 Å². The topological polar surface area (TPSA) is 104 Å². The first-order chi connectivity index (χ1) is 24.1. The van der Waals surface area contributed by atoms with Crippen molar-refractivity contribution in [1.82, 2.24) is 24.8 Å². The summed E-state index contributed by atoms with van der Waals surface area (Å²) in [5, 5.41) is 11.4. The molecule has 1 saturated carbocycles. The van der Waals surface area contributed by atoms with Crippen molar-refractivity contribution in [1.29, 1.82) is 0 Å². The molecule has 9 rings (SSSR count). The average Bonchev–Trinajstić information content (AvgIpc) is 3.66. The number of amides is 1. The van der Waals surface area contributed by atoms with Crippen LogP contribution >= 0.6 is 0 Å². The Morgan fingerprint density at radius 3 is 2.76 bits per heavy atom. The lowest BCUT2D eigenvalue weighted by atomic mass is 9.96. The van der Waals surface area contributed by atoms with Gasteiger partial charge in [0.15, 0.2) is 5.82 Å². The van der Waals surface area contributed by atoms with Gasteiger partial charge in [0.2, 0.25) is 5.88 Å². The molecular weight excluding hydrogens is 642 g/mol. The van der Waals surface area contributed by atoms with Gasteiger partial charge in [0.25, 0.3) is 0 Å². The molecule has 256 valence electrons. The molecule has 1 amide bonds. The molecule has 4 unspecified atom stereocenters. The van der Waals surface area contributed by atoms with Crippen LogP contribution in [0.15, 0.2) is 42.5 Å². The normalized spacial score (nSPS) is 25.0. The van der Waals surface area contributed by atoms with Crippen molar-refractivity contribution in [2.24, 2.45) is 5.41 Å². The fraction of sp³-hybridized carbons (Fsp3) is 0.421. The first-order valence-corrected chi connectivity index (χ1v) is 17.2. The van der Waals surface area contributed by atoms with E-state index in [-0.39, 0.29) is 51.5 Å². The third-order valence-corrected chi connectivity index (χ3v) is 11.3. The number of nitrogens with zero attached hydrogens (tertiary/aromatic N) is 6. The van der Waals surface area contributed by atoms with Gasteiger partial charge in [0.05, 0.1) is 30.3 Å². The molecule has 4 atom stereocenters. The van der Waals surface area contributed by atoms with Crippen LogP contribution in [0.2, 0.25) is 0 Å². The Hall–Kier alpha value is -5.02. The molecule has 3 saturated heterocycles. The Labute approximate surface area is 287 Å². The Morgan fingerprint density at radius 1 is 1.18 bits per heavy atom. The van der Waals surface area contributed by atoms with Gasteiger partial charge in [0, 0.05) is 42.5 Å². The molecule has 10 nitrogen and oxygen atoms in total. The number of likely N-dealkylation sites (tertiary alicyclic amines) is 1. The van der Waals surface area contributed by atoms with Crippen molar-refractivity contribution in [2.45, 2.75) is 63.3 Å². The number of hydrogen-bond acceptors (Lipinski definition) is 8. The fourth-order valence-corrected chi connectivity index (χ4v) is 8.79. The third kappa shape index (κ3) is 4.77. The number of fused-ring (bicyclic) bond motifs is 6. The average molecular weight is 679 g/mol. The van der Waals surface area contributed by atoms with Gasteiger partial charge in [0.1, 0.15) is 34.3 Å². The Bertz CT molecular complexity index is 2170. The van der Waals surface area contributed by atoms with Gasteiger partial charge >= 0.3 is 12.1 Å². The van der Waals surface area contributed by atoms with Crippen molar-refractivity contribution in [3.8, 4) is 35.5 Å². The minimum atomic E-state index is -0.974. The van der Waals surface area contributed by atoms with E-state index >= 15 is 8.78 Å². The maximum atomic E-state index is 17.2. The van der Waals surface area contributed by atoms with Crippen LogP contribution in [0, 0.1) is 29.4 Å². The maximum Gasteiger partial charge on any atom is 0.407 e. The van der Waals surface area contributed by atoms with E-state index in [0.717, 1.165) is 38.9 Å². The van der Waals surface area contributed by atoms with E-state index in [1.165, 1.54) is 16.5 Å². The SMILES string of the molecule is C#Cc1c(F)ccc2cccc(-c3nc4c5c(nc(OCC6(CN7CCC(=C)C7)CC6)nc5c3F)N3CC5CCC(C3C(C)O4)N5C(=O)O)c12. The monoisotopic (exact) mass is 678 g/mol. The Morgan fingerprint density at radius 2 is 2.02 bits per heavy atom. The van der Waals surface area contributed by atoms with Crippen molar-refractivity contribution in [3.63, 3.8) is 0 Å². The quantitative estimate of drug-likeness (QED) is 0.194. The van der Waals surface area contributed by atoms with E-state index in [2.05, 4.69) is 22.4 Å². The summed E-state index contributed by atoms with van der Waals surface area (Å²) < 4.78 is 45.1. The van der Waals surface area contributed by atoms with Crippen LogP contribution < -0.4 is 14.4 Å². The van der Waals surface area contributed by atoms with Crippen LogP contribution in [-0.4, -0.2) is 93.0 Å². The lowest BCUT2D eigenvalue weighted by Crippen LogP contribution is -2.64. The molecule has 4 aliphatic heterocycles. The fourth-order valence-electron chi connectivity index (χ4n) is 8.79. The van der Waals surface area contributed by atoms with Gasteiger partial charge in [-0.2, -0.15) is 9.97 Å². The van der Waals surface area contributed by atoms with Gasteiger partial charge < -0.3 is 19.5 Å². The van der Waals surface area contributed by atoms with E-state index in [0.29, 0.717) is 48.1 Å². The van der Waals surface area contributed by atoms with Gasteiger partial charge in [-0.25, -0.2) is 18.6 Å². The van der Waals surface area contributed by atoms with Crippen molar-refractivity contribution in [3.05, 3.63) is 59.7 Å². The van der Waals surface area contributed by atoms with Gasteiger partial charge in [-0.3, -0.25) is 9.80 Å². The Kier molecular flexibility index (Phi) is 6.97. The number of hydrogen-bond donors (Lipinski definition) is 1. The molecule has 1 aliphatic carbocycles. The molecule has 4 aromatic rings. The van der Waals surface area contributed by atoms with Gasteiger partial charge in [-0.05, 0) is 50.5 Å². The molecule has 2 aromatic carbocycles. The van der Waals surface area contributed by atoms with Crippen LogP contribution in [0.25, 0.3) is 32.9 Å². The number of pyridine rings is 1. The second kappa shape index (κ2) is 11.3. The van der Waals surface area contributed by atoms with Crippen LogP contribution in [-0.2, 0) is 0 Å². The van der Waals surface area contributed by atoms with Crippen LogP contribution in [0.4, 0.5) is 19.4 Å². The second-order valence-electron chi connectivity index (χ2n) is 14.6. The van der Waals surface area contributed by atoms with Crippen molar-refractivity contribution in [2.75, 3.05) is 37.7 Å². The number of piperazine rings is 1. The third-order valence-electron chi connectivity index (χ3n) is 11.3. The molecule has 5 aliphatic rings. The summed E-state index contributed by atoms with van der Waals surface area (Å²) in [6.45, 7) is 9.47. The molecule has 2 bridgehead atoms. The summed E-state index contributed by atoms with van der Waals surface area (Å²) in [6.07, 6.45) is 8.62. The number of benzene rings is 2. The first kappa shape index (κ1) is 31.0. The van der Waals surface area contributed by atoms with Crippen molar-refractivity contribution >= 4 is 33.6 Å². The predicted octanol–water partition coefficient (Wildman–Crippen LogP) is 6.01. The molecule has 2 aromatic heterocycles. The number of carboxylic acid groups (broad SMARTS) is 1. The smallest absolute Gasteiger partial charge is 0.407 e. The summed E-state index contributed by atoms with van der Waals surface area (Å²) in [5.74, 6) is 1.62. The molecule has 0 radical (unpaired) electrons. The summed E-state index contributed by atoms with van der Waals surface area (Å²) in [5.41, 5.74) is 1.36. The lowest BCUT2D eigenvalue weighted by molar-refractivity contribution is 0.0706. The summed E-state index contributed by atoms with van der Waals surface area (Å²) >= 11 is 0. The number of rotatable bonds is 6. The minimum absolute atomic E-state index is 0.00479. The number of terminal acetylenes is 1. The molecule has 50 heavy (non-hydrogen) atoms. The number of halogens is 2. The largest absolute Gasteiger partial charge is 0.472 e. The zero-order valence-corrected chi connectivity index (χ0v) is 27.7. The zero-order valence-electron chi connectivity index (χ0n) is 27.7. The zero-order chi connectivity index (χ0) is 34.5. The van der Waals surface area contributed by atoms with Gasteiger partial charge in [-0.1, -0.05) is 42.3 Å². The highest BCUT2D eigenvalue weighted by Gasteiger charge is 2.53. The minimum Gasteiger partial charge on any atom is -0.472 e. The molecular formula is C38H36F2N6O4. The van der Waals surface area contributed by atoms with Gasteiger partial charge in [-0.15, -0.1) is 6.42 Å². The number of carbonyl (C=O) groups is 1. The lowest BCUT2D eigenvalue weighted by Gasteiger charge is -2.47. The summed E-state index contributed by atoms with van der Waals surface area (Å²) in [4.78, 5) is 32.7. The van der Waals surface area contributed by atoms with E-state index < -0.39 is 29.9 Å². The second-order valence-corrected chi connectivity index (χ2v) is 14.6. The highest BCUT2D eigenvalue weighted by molar-refractivity contribution is 6.03. The Balaban J connectivity index is 1.20. The first-order valence-electron chi connectivity index (χ1n) is 17.2. The maximum absolute atomic E-state index is 17.2. The summed E-state index contributed by atoms with van der Waals surface area (Å²) in [6, 6.07) is 7.06. The highest BCUT2D eigenvalue weighted by atomic mass is 19.1. The highest BCUT2D eigenvalue weighted by Crippen LogP contribution is 2.49. The van der Waals surface area contributed by atoms with E-state index in [1.807, 2.05) is 11.8 Å². The summed E-state index contributed by atoms with van der Waals surface area (Å²) in [7, 11) is 0. The molecule has 12 heteroatoms. The molecule has 6 heterocycles. The molecule has 0 spiro atoms. The number of anilines is 1. The number of aromatic nitrogens is 3. The standard InChI is InChI=1S/C38H36F2N6O4/c1-4-24-26(39)10-8-22-6-5-7-25(28(22)24)31-30(40)32-29-34(43-36(42-32)49-19-38(13-14-38)18-44-15-12-20(2)16-44)45-17-23-9-11-27(46(23)37(47)48)33(45)21(3)50-35(29)41-31/h1,5-8,10,21,23,27,33H,2,9,11-19H2,3H3,(H,47,48). The van der Waals surface area contributed by atoms with Crippen molar-refractivity contribution < 1.29 is 28.2 Å². The predicted molar refractivity (Wildman–Crippen MR) is 183 cm³/mol. The van der Waals surface area contributed by atoms with E-state index in [4.69, 9.17) is 25.9 Å². The molecule has 4 fully saturated rings. The van der Waals surface area contributed by atoms with Crippen LogP contribution in [0.3, 0.4) is 0 Å². The van der Waals surface area contributed by atoms with E-state index in [9.17, 15) is 9.90 Å². The van der Waals surface area contributed by atoms with Crippen LogP contribution in [0.5, 0.6) is 11.9 Å².